The molecule has 9 aliphatic carbocycles. The second-order valence-corrected chi connectivity index (χ2v) is 20.2. The van der Waals surface area contributed by atoms with Crippen LogP contribution >= 0.6 is 0 Å². The first kappa shape index (κ1) is 39.8. The molecule has 0 amide bonds. The Morgan fingerprint density at radius 3 is 1.57 bits per heavy atom. The van der Waals surface area contributed by atoms with Crippen LogP contribution in [-0.2, 0) is 10.8 Å². The highest BCUT2D eigenvalue weighted by Crippen LogP contribution is 2.67. The average Bonchev–Trinajstić information content (AvgIpc) is 4.13. The summed E-state index contributed by atoms with van der Waals surface area (Å²) in [6.45, 7) is 0. The standard InChI is InChI=1S/C68H50N2/c1-4-21-45(22-5-1)67(46-23-6-2-7-24-46)60-35-18-13-31-54(60)66-62(67)36-20-38-65(66)69(49-40-42-64-56(44-49)53-30-14-19-37-63(53)70(64)47-25-8-3-9-26-47)48-39-41-61-55(43-48)52-29-12-17-34-59(52)68(61)57-32-15-10-27-50(57)51-28-11-16-33-58(51)68/h1-44,59-64H. The Morgan fingerprint density at radius 2 is 0.886 bits per heavy atom. The molecule has 5 aromatic carbocycles. The van der Waals surface area contributed by atoms with Gasteiger partial charge in [0.2, 0.25) is 0 Å². The third kappa shape index (κ3) is 5.23. The summed E-state index contributed by atoms with van der Waals surface area (Å²) >= 11 is 0. The lowest BCUT2D eigenvalue weighted by Crippen LogP contribution is -2.40. The Kier molecular flexibility index (Phi) is 8.61. The Balaban J connectivity index is 0.946. The Morgan fingerprint density at radius 1 is 0.371 bits per heavy atom. The third-order valence-corrected chi connectivity index (χ3v) is 17.3. The van der Waals surface area contributed by atoms with E-state index < -0.39 is 0 Å². The molecular formula is C68H50N2. The van der Waals surface area contributed by atoms with Crippen LogP contribution in [0.2, 0.25) is 0 Å². The maximum atomic E-state index is 2.64. The first-order chi connectivity index (χ1) is 34.8. The molecule has 5 aromatic rings. The zero-order valence-corrected chi connectivity index (χ0v) is 38.8. The quantitative estimate of drug-likeness (QED) is 0.168. The van der Waals surface area contributed by atoms with Gasteiger partial charge >= 0.3 is 0 Å². The van der Waals surface area contributed by atoms with Crippen molar-refractivity contribution in [2.75, 3.05) is 4.90 Å². The summed E-state index contributed by atoms with van der Waals surface area (Å²) in [4.78, 5) is 5.22. The van der Waals surface area contributed by atoms with Gasteiger partial charge < -0.3 is 9.80 Å². The van der Waals surface area contributed by atoms with E-state index in [0.717, 1.165) is 0 Å². The molecule has 6 atom stereocenters. The summed E-state index contributed by atoms with van der Waals surface area (Å²) in [5.74, 6) is 0.528. The molecule has 1 spiro atoms. The Labute approximate surface area is 411 Å². The summed E-state index contributed by atoms with van der Waals surface area (Å²) < 4.78 is 0. The first-order valence-electron chi connectivity index (χ1n) is 25.2. The Bertz CT molecular complexity index is 3480. The molecule has 10 aliphatic rings. The van der Waals surface area contributed by atoms with Crippen LogP contribution in [0.15, 0.2) is 318 Å². The molecule has 1 aliphatic heterocycles. The van der Waals surface area contributed by atoms with Crippen molar-refractivity contribution in [1.82, 2.24) is 4.90 Å². The molecular weight excluding hydrogens is 845 g/mol. The topological polar surface area (TPSA) is 6.48 Å². The number of allylic oxidation sites excluding steroid dienone is 21. The number of benzene rings is 5. The van der Waals surface area contributed by atoms with Crippen LogP contribution in [0.3, 0.4) is 0 Å². The lowest BCUT2D eigenvalue weighted by Gasteiger charge is -2.43. The SMILES string of the molecule is C1=CC2=C3C=C(N(C4=CC5=C6C=CC=CC6C6(c7ccccc7-c7ccccc76)C5C=C4)C4=CC=CC5C4=C4C=CC=CC4C5(c4ccccc4)c4ccccc4)C=CC3N(c3ccccc3)C2C=C1. The van der Waals surface area contributed by atoms with E-state index in [1.807, 2.05) is 0 Å². The molecule has 15 rings (SSSR count). The number of rotatable bonds is 6. The van der Waals surface area contributed by atoms with E-state index in [0.29, 0.717) is 0 Å². The van der Waals surface area contributed by atoms with E-state index in [9.17, 15) is 0 Å². The van der Waals surface area contributed by atoms with Gasteiger partial charge in [-0.2, -0.15) is 0 Å². The average molecular weight is 895 g/mol. The van der Waals surface area contributed by atoms with Gasteiger partial charge in [-0.25, -0.2) is 0 Å². The molecule has 0 bridgehead atoms. The first-order valence-corrected chi connectivity index (χ1v) is 25.2. The van der Waals surface area contributed by atoms with E-state index in [2.05, 4.69) is 277 Å². The van der Waals surface area contributed by atoms with Gasteiger partial charge in [0.25, 0.3) is 0 Å². The van der Waals surface area contributed by atoms with Crippen LogP contribution < -0.4 is 4.90 Å². The van der Waals surface area contributed by atoms with E-state index in [1.165, 1.54) is 89.6 Å². The highest BCUT2D eigenvalue weighted by Gasteiger charge is 2.60. The van der Waals surface area contributed by atoms with Crippen LogP contribution in [0, 0.1) is 23.7 Å². The van der Waals surface area contributed by atoms with Gasteiger partial charge in [-0.1, -0.05) is 225 Å². The fourth-order valence-electron chi connectivity index (χ4n) is 14.8. The second-order valence-electron chi connectivity index (χ2n) is 20.2. The zero-order valence-electron chi connectivity index (χ0n) is 38.8. The van der Waals surface area contributed by atoms with Gasteiger partial charge in [0, 0.05) is 51.6 Å². The summed E-state index contributed by atoms with van der Waals surface area (Å²) in [5.41, 5.74) is 20.8. The molecule has 6 unspecified atom stereocenters. The number of nitrogens with zero attached hydrogens (tertiary/aromatic N) is 2. The third-order valence-electron chi connectivity index (χ3n) is 17.3. The van der Waals surface area contributed by atoms with Gasteiger partial charge in [-0.3, -0.25) is 0 Å². The Hall–Kier alpha value is -8.20. The molecule has 1 heterocycles. The monoisotopic (exact) mass is 894 g/mol. The molecule has 0 radical (unpaired) electrons. The van der Waals surface area contributed by atoms with Crippen molar-refractivity contribution in [2.24, 2.45) is 23.7 Å². The summed E-state index contributed by atoms with van der Waals surface area (Å²) in [6.07, 6.45) is 50.3. The number of anilines is 1. The number of fused-ring (bicyclic) bond motifs is 13. The van der Waals surface area contributed by atoms with Gasteiger partial charge in [0.15, 0.2) is 0 Å². The molecule has 0 saturated heterocycles. The molecule has 2 heteroatoms. The molecule has 0 saturated carbocycles. The van der Waals surface area contributed by atoms with Crippen molar-refractivity contribution in [3.05, 3.63) is 340 Å². The molecule has 0 N–H and O–H groups in total. The van der Waals surface area contributed by atoms with Crippen LogP contribution in [0.5, 0.6) is 0 Å². The summed E-state index contributed by atoms with van der Waals surface area (Å²) in [6, 6.07) is 52.3. The highest BCUT2D eigenvalue weighted by atomic mass is 15.2. The fraction of sp³-hybridized carbons (Fsp3) is 0.118. The minimum atomic E-state index is -0.364. The maximum Gasteiger partial charge on any atom is 0.0744 e. The minimum Gasteiger partial charge on any atom is -0.350 e. The van der Waals surface area contributed by atoms with Crippen molar-refractivity contribution in [3.8, 4) is 11.1 Å². The van der Waals surface area contributed by atoms with E-state index in [1.54, 1.807) is 0 Å². The number of hydrogen-bond acceptors (Lipinski definition) is 2. The van der Waals surface area contributed by atoms with Crippen LogP contribution in [0.25, 0.3) is 11.1 Å². The molecule has 332 valence electrons. The van der Waals surface area contributed by atoms with Crippen LogP contribution in [0.4, 0.5) is 5.69 Å². The van der Waals surface area contributed by atoms with Gasteiger partial charge in [-0.05, 0) is 109 Å². The number of hydrogen-bond donors (Lipinski definition) is 0. The predicted molar refractivity (Wildman–Crippen MR) is 286 cm³/mol. The van der Waals surface area contributed by atoms with Gasteiger partial charge in [0.1, 0.15) is 0 Å². The van der Waals surface area contributed by atoms with Gasteiger partial charge in [-0.15, -0.1) is 0 Å². The van der Waals surface area contributed by atoms with Crippen molar-refractivity contribution in [2.45, 2.75) is 22.9 Å². The van der Waals surface area contributed by atoms with E-state index in [4.69, 9.17) is 0 Å². The highest BCUT2D eigenvalue weighted by molar-refractivity contribution is 5.85. The largest absolute Gasteiger partial charge is 0.350 e. The predicted octanol–water partition coefficient (Wildman–Crippen LogP) is 14.6. The van der Waals surface area contributed by atoms with Crippen molar-refractivity contribution >= 4 is 5.69 Å². The van der Waals surface area contributed by atoms with Crippen LogP contribution in [0.1, 0.15) is 22.3 Å². The lowest BCUT2D eigenvalue weighted by molar-refractivity contribution is 0.386. The van der Waals surface area contributed by atoms with Gasteiger partial charge in [0.05, 0.1) is 17.8 Å². The van der Waals surface area contributed by atoms with Crippen molar-refractivity contribution < 1.29 is 0 Å². The smallest absolute Gasteiger partial charge is 0.0744 e. The van der Waals surface area contributed by atoms with Crippen LogP contribution in [-0.4, -0.2) is 17.0 Å². The molecule has 70 heavy (non-hydrogen) atoms. The summed E-state index contributed by atoms with van der Waals surface area (Å²) in [7, 11) is 0. The molecule has 0 aromatic heterocycles. The normalized spacial score (nSPS) is 26.6. The maximum absolute atomic E-state index is 2.64. The minimum absolute atomic E-state index is 0.0611. The fourth-order valence-corrected chi connectivity index (χ4v) is 14.8. The number of para-hydroxylation sites is 1. The van der Waals surface area contributed by atoms with E-state index in [-0.39, 0.29) is 46.6 Å². The molecule has 2 nitrogen and oxygen atoms in total. The lowest BCUT2D eigenvalue weighted by atomic mass is 9.60. The van der Waals surface area contributed by atoms with Crippen molar-refractivity contribution in [1.29, 1.82) is 0 Å². The van der Waals surface area contributed by atoms with E-state index >= 15 is 0 Å². The second kappa shape index (κ2) is 15.1. The van der Waals surface area contributed by atoms with Crippen molar-refractivity contribution in [3.63, 3.8) is 0 Å². The zero-order chi connectivity index (χ0) is 46.0. The summed E-state index contributed by atoms with van der Waals surface area (Å²) in [5, 5.41) is 0. The molecule has 0 fully saturated rings.